The van der Waals surface area contributed by atoms with E-state index in [9.17, 15) is 0 Å². The first-order valence-corrected chi connectivity index (χ1v) is 5.65. The van der Waals surface area contributed by atoms with Gasteiger partial charge in [0.25, 0.3) is 0 Å². The average Bonchev–Trinajstić information content (AvgIpc) is 2.38. The Morgan fingerprint density at radius 1 is 0.947 bits per heavy atom. The van der Waals surface area contributed by atoms with Gasteiger partial charge in [-0.15, -0.1) is 0 Å². The second-order valence-electron chi connectivity index (χ2n) is 2.44. The van der Waals surface area contributed by atoms with Crippen LogP contribution >= 0.6 is 12.3 Å². The maximum absolute atomic E-state index is 8.29. The van der Waals surface area contributed by atoms with Crippen molar-refractivity contribution in [2.24, 2.45) is 0 Å². The van der Waals surface area contributed by atoms with Crippen molar-refractivity contribution in [2.75, 3.05) is 13.2 Å². The quantitative estimate of drug-likeness (QED) is 0.169. The van der Waals surface area contributed by atoms with Gasteiger partial charge in [-0.05, 0) is 12.8 Å². The zero-order chi connectivity index (χ0) is 14.4. The summed E-state index contributed by atoms with van der Waals surface area (Å²) < 4.78 is 16.6. The molecule has 2 N–H and O–H groups in total. The van der Waals surface area contributed by atoms with Crippen molar-refractivity contribution in [2.45, 2.75) is 39.5 Å². The number of hydrogen-bond acceptors (Lipinski definition) is 8. The van der Waals surface area contributed by atoms with Gasteiger partial charge in [-0.25, -0.2) is 9.78 Å². The summed E-state index contributed by atoms with van der Waals surface area (Å²) in [5.74, 6) is 0. The first kappa shape index (κ1) is 37.2. The Labute approximate surface area is 163 Å². The largest absolute Gasteiger partial charge is 1.00 e. The van der Waals surface area contributed by atoms with Crippen molar-refractivity contribution < 1.29 is 93.3 Å². The Hall–Kier alpha value is 1.78. The van der Waals surface area contributed by atoms with Crippen LogP contribution in [0, 0.1) is 0 Å². The Bertz CT molecular complexity index is 81.0. The molecular weight excluding hydrogens is 298 g/mol. The molecule has 0 aliphatic rings. The molecule has 0 aliphatic heterocycles. The van der Waals surface area contributed by atoms with E-state index in [-0.39, 0.29) is 59.1 Å². The zero-order valence-electron chi connectivity index (χ0n) is 12.3. The number of rotatable bonds is 6. The maximum Gasteiger partial charge on any atom is 1.00 e. The molecule has 0 aromatic carbocycles. The molecule has 0 unspecified atom stereocenters. The molecule has 0 bridgehead atoms. The molecule has 108 valence electrons. The van der Waals surface area contributed by atoms with Crippen LogP contribution in [0.25, 0.3) is 0 Å². The second-order valence-corrected chi connectivity index (χ2v) is 2.58. The molecule has 10 heteroatoms. The fourth-order valence-corrected chi connectivity index (χ4v) is 0.418. The number of carbonyl (C=O) groups excluding carboxylic acids is 1. The maximum atomic E-state index is 8.29. The molecule has 0 radical (unpaired) electrons. The molecule has 19 heavy (non-hydrogen) atoms. The third-order valence-electron chi connectivity index (χ3n) is 1.18. The summed E-state index contributed by atoms with van der Waals surface area (Å²) in [6, 6.07) is 0. The first-order valence-electron chi connectivity index (χ1n) is 4.98. The van der Waals surface area contributed by atoms with Gasteiger partial charge in [0.05, 0.1) is 13.2 Å². The van der Waals surface area contributed by atoms with Gasteiger partial charge in [-0.2, -0.15) is 0 Å². The van der Waals surface area contributed by atoms with Gasteiger partial charge in [-0.3, -0.25) is 10.5 Å². The Kier molecular flexibility index (Phi) is 118. The molecule has 7 nitrogen and oxygen atoms in total. The van der Waals surface area contributed by atoms with Crippen LogP contribution in [0.4, 0.5) is 0 Å². The van der Waals surface area contributed by atoms with Gasteiger partial charge in [0.1, 0.15) is 6.79 Å². The Balaban J connectivity index is -0.0000000310. The summed E-state index contributed by atoms with van der Waals surface area (Å²) in [4.78, 5) is 15.6. The SMILES string of the molecule is C=O.CCCCOO.CCCCOO.[Na+].[Na+].[O-]S[O-]. The molecule has 0 saturated heterocycles. The molecule has 0 atom stereocenters. The van der Waals surface area contributed by atoms with Crippen molar-refractivity contribution in [3.63, 3.8) is 0 Å². The van der Waals surface area contributed by atoms with Gasteiger partial charge in [-0.1, -0.05) is 26.7 Å². The molecule has 0 aromatic rings. The van der Waals surface area contributed by atoms with Crippen molar-refractivity contribution >= 4 is 19.1 Å². The van der Waals surface area contributed by atoms with Crippen LogP contribution < -0.4 is 59.1 Å². The Morgan fingerprint density at radius 3 is 1.21 bits per heavy atom. The molecule has 0 aromatic heterocycles. The fraction of sp³-hybridized carbons (Fsp3) is 0.889. The van der Waals surface area contributed by atoms with Crippen LogP contribution in [0.3, 0.4) is 0 Å². The van der Waals surface area contributed by atoms with Gasteiger partial charge in [0.2, 0.25) is 0 Å². The van der Waals surface area contributed by atoms with E-state index in [2.05, 4.69) is 9.78 Å². The molecule has 0 rings (SSSR count). The molecule has 0 fully saturated rings. The summed E-state index contributed by atoms with van der Waals surface area (Å²) >= 11 is -0.750. The van der Waals surface area contributed by atoms with E-state index in [1.807, 2.05) is 20.6 Å². The average molecular weight is 320 g/mol. The van der Waals surface area contributed by atoms with Crippen LogP contribution in [0.5, 0.6) is 0 Å². The monoisotopic (exact) mass is 320 g/mol. The fourth-order valence-electron chi connectivity index (χ4n) is 0.418. The minimum atomic E-state index is -0.750. The minimum absolute atomic E-state index is 0. The molecule has 0 spiro atoms. The number of carbonyl (C=O) groups is 1. The van der Waals surface area contributed by atoms with E-state index >= 15 is 0 Å². The second kappa shape index (κ2) is 60.0. The van der Waals surface area contributed by atoms with Gasteiger partial charge in [0, 0.05) is 0 Å². The van der Waals surface area contributed by atoms with Gasteiger partial charge >= 0.3 is 59.1 Å². The van der Waals surface area contributed by atoms with E-state index < -0.39 is 12.3 Å². The van der Waals surface area contributed by atoms with Crippen molar-refractivity contribution in [1.29, 1.82) is 0 Å². The summed E-state index contributed by atoms with van der Waals surface area (Å²) in [5, 5.41) is 15.4. The van der Waals surface area contributed by atoms with Crippen molar-refractivity contribution in [3.8, 4) is 0 Å². The summed E-state index contributed by atoms with van der Waals surface area (Å²) in [7, 11) is 0. The van der Waals surface area contributed by atoms with E-state index in [0.29, 0.717) is 13.2 Å². The topological polar surface area (TPSA) is 122 Å². The minimum Gasteiger partial charge on any atom is -0.811 e. The van der Waals surface area contributed by atoms with Crippen molar-refractivity contribution in [3.05, 3.63) is 0 Å². The van der Waals surface area contributed by atoms with E-state index in [1.165, 1.54) is 0 Å². The molecule has 0 heterocycles. The number of unbranched alkanes of at least 4 members (excludes halogenated alkanes) is 2. The van der Waals surface area contributed by atoms with E-state index in [4.69, 9.17) is 24.4 Å². The van der Waals surface area contributed by atoms with Crippen LogP contribution in [-0.2, 0) is 14.6 Å². The number of hydrogen-bond donors (Lipinski definition) is 2. The standard InChI is InChI=1S/2C4H10O2.CH2O.2Na.H2O2S/c2*1-2-3-4-6-5;1-2;;;1-3-2/h2*5H,2-4H2,1H3;1H2;;;1-2H/q;;;2*+1;/p-2. The first-order chi connectivity index (χ1) is 8.24. The van der Waals surface area contributed by atoms with Crippen LogP contribution in [0.2, 0.25) is 0 Å². The molecule has 0 amide bonds. The predicted octanol–water partition coefficient (Wildman–Crippen LogP) is -3.64. The smallest absolute Gasteiger partial charge is 0.811 e. The van der Waals surface area contributed by atoms with Crippen LogP contribution in [0.15, 0.2) is 0 Å². The van der Waals surface area contributed by atoms with Gasteiger partial charge < -0.3 is 26.2 Å². The van der Waals surface area contributed by atoms with Crippen LogP contribution in [0.1, 0.15) is 39.5 Å². The summed E-state index contributed by atoms with van der Waals surface area (Å²) in [6.07, 6.45) is 4.02. The van der Waals surface area contributed by atoms with E-state index in [1.54, 1.807) is 0 Å². The Morgan fingerprint density at radius 2 is 1.16 bits per heavy atom. The molecular formula is C9H22Na2O7S. The third kappa shape index (κ3) is 103. The normalized spacial score (nSPS) is 6.84. The predicted molar refractivity (Wildman–Crippen MR) is 63.2 cm³/mol. The molecule has 0 aliphatic carbocycles. The summed E-state index contributed by atoms with van der Waals surface area (Å²) in [5.41, 5.74) is 0. The third-order valence-corrected chi connectivity index (χ3v) is 1.18. The molecule has 0 saturated carbocycles. The van der Waals surface area contributed by atoms with E-state index in [0.717, 1.165) is 25.7 Å². The van der Waals surface area contributed by atoms with Crippen LogP contribution in [-0.4, -0.2) is 39.6 Å². The zero-order valence-corrected chi connectivity index (χ0v) is 17.1. The van der Waals surface area contributed by atoms with Gasteiger partial charge in [0.15, 0.2) is 0 Å². The van der Waals surface area contributed by atoms with Crippen molar-refractivity contribution in [1.82, 2.24) is 0 Å². The summed E-state index contributed by atoms with van der Waals surface area (Å²) in [6.45, 7) is 7.02.